The quantitative estimate of drug-likeness (QED) is 0.582. The molecule has 16 heavy (non-hydrogen) atoms. The Morgan fingerprint density at radius 2 is 2.12 bits per heavy atom. The maximum Gasteiger partial charge on any atom is 0.321 e. The average Bonchev–Trinajstić information content (AvgIpc) is 2.22. The lowest BCUT2D eigenvalue weighted by Crippen LogP contribution is -2.40. The van der Waals surface area contributed by atoms with Gasteiger partial charge in [-0.15, -0.1) is 18.3 Å². The van der Waals surface area contributed by atoms with E-state index in [0.29, 0.717) is 0 Å². The minimum atomic E-state index is -0.992. The maximum atomic E-state index is 11.1. The highest BCUT2D eigenvalue weighted by molar-refractivity contribution is 8.01. The number of carbonyl (C=O) groups is 3. The fraction of sp³-hybridized carbons (Fsp3) is 0.444. The van der Waals surface area contributed by atoms with Crippen LogP contribution in [-0.2, 0) is 9.59 Å². The van der Waals surface area contributed by atoms with Gasteiger partial charge in [-0.2, -0.15) is 0 Å². The first-order valence-corrected chi connectivity index (χ1v) is 5.55. The number of thioether (sulfide) groups is 1. The van der Waals surface area contributed by atoms with Crippen LogP contribution in [0.25, 0.3) is 0 Å². The van der Waals surface area contributed by atoms with Gasteiger partial charge in [0, 0.05) is 6.54 Å². The van der Waals surface area contributed by atoms with Crippen LogP contribution in [0.1, 0.15) is 6.92 Å². The van der Waals surface area contributed by atoms with Gasteiger partial charge in [0.1, 0.15) is 0 Å². The Bertz CT molecular complexity index is 293. The summed E-state index contributed by atoms with van der Waals surface area (Å²) in [6.07, 6.45) is 1.48. The second-order valence-corrected chi connectivity index (χ2v) is 4.17. The van der Waals surface area contributed by atoms with Crippen molar-refractivity contribution in [3.63, 3.8) is 0 Å². The summed E-state index contributed by atoms with van der Waals surface area (Å²) in [6.45, 7) is 5.13. The van der Waals surface area contributed by atoms with Gasteiger partial charge in [-0.1, -0.05) is 6.08 Å². The van der Waals surface area contributed by atoms with Gasteiger partial charge in [0.25, 0.3) is 0 Å². The van der Waals surface area contributed by atoms with E-state index >= 15 is 0 Å². The minimum absolute atomic E-state index is 0.0744. The fourth-order valence-corrected chi connectivity index (χ4v) is 1.26. The summed E-state index contributed by atoms with van der Waals surface area (Å²) in [4.78, 5) is 32.5. The molecule has 0 bridgehead atoms. The molecule has 1 unspecified atom stereocenters. The molecule has 0 aromatic rings. The molecule has 0 fully saturated rings. The molecular formula is C9H14N2O4S. The highest BCUT2D eigenvalue weighted by Crippen LogP contribution is 2.09. The lowest BCUT2D eigenvalue weighted by atomic mass is 10.5. The van der Waals surface area contributed by atoms with Gasteiger partial charge < -0.3 is 10.4 Å². The van der Waals surface area contributed by atoms with Crippen LogP contribution >= 0.6 is 11.8 Å². The van der Waals surface area contributed by atoms with Crippen molar-refractivity contribution in [3.8, 4) is 0 Å². The first-order chi connectivity index (χ1) is 7.47. The number of imide groups is 1. The Hall–Kier alpha value is -1.50. The van der Waals surface area contributed by atoms with E-state index in [1.807, 2.05) is 0 Å². The third-order valence-corrected chi connectivity index (χ3v) is 2.60. The lowest BCUT2D eigenvalue weighted by molar-refractivity contribution is -0.136. The zero-order valence-electron chi connectivity index (χ0n) is 8.86. The Balaban J connectivity index is 3.78. The summed E-state index contributed by atoms with van der Waals surface area (Å²) in [7, 11) is 0. The van der Waals surface area contributed by atoms with E-state index in [9.17, 15) is 14.4 Å². The Labute approximate surface area is 97.5 Å². The van der Waals surface area contributed by atoms with Crippen molar-refractivity contribution < 1.29 is 19.5 Å². The zero-order chi connectivity index (χ0) is 12.6. The third kappa shape index (κ3) is 6.88. The van der Waals surface area contributed by atoms with E-state index in [-0.39, 0.29) is 12.3 Å². The molecule has 0 saturated carbocycles. The Morgan fingerprint density at radius 3 is 2.62 bits per heavy atom. The third-order valence-electron chi connectivity index (χ3n) is 1.47. The molecular weight excluding hydrogens is 232 g/mol. The molecule has 1 atom stereocenters. The predicted molar refractivity (Wildman–Crippen MR) is 61.3 cm³/mol. The van der Waals surface area contributed by atoms with Gasteiger partial charge in [-0.3, -0.25) is 14.9 Å². The lowest BCUT2D eigenvalue weighted by Gasteiger charge is -2.06. The molecule has 0 saturated heterocycles. The summed E-state index contributed by atoms with van der Waals surface area (Å²) in [5.74, 6) is -1.59. The smallest absolute Gasteiger partial charge is 0.321 e. The Morgan fingerprint density at radius 1 is 1.50 bits per heavy atom. The summed E-state index contributed by atoms with van der Waals surface area (Å²) >= 11 is 0.947. The normalized spacial score (nSPS) is 11.3. The van der Waals surface area contributed by atoms with Crippen LogP contribution in [-0.4, -0.2) is 40.6 Å². The summed E-state index contributed by atoms with van der Waals surface area (Å²) < 4.78 is 0. The monoisotopic (exact) mass is 246 g/mol. The molecule has 3 N–H and O–H groups in total. The summed E-state index contributed by atoms with van der Waals surface area (Å²) in [5, 5.41) is 12.3. The average molecular weight is 246 g/mol. The van der Waals surface area contributed by atoms with Crippen molar-refractivity contribution in [1.82, 2.24) is 10.6 Å². The molecule has 0 aliphatic heterocycles. The van der Waals surface area contributed by atoms with Crippen molar-refractivity contribution in [1.29, 1.82) is 0 Å². The number of carboxylic acids is 1. The van der Waals surface area contributed by atoms with Crippen LogP contribution in [0.15, 0.2) is 12.7 Å². The number of hydrogen-bond acceptors (Lipinski definition) is 4. The van der Waals surface area contributed by atoms with Gasteiger partial charge >= 0.3 is 12.0 Å². The predicted octanol–water partition coefficient (Wildman–Crippen LogP) is 0.204. The molecule has 0 rings (SSSR count). The van der Waals surface area contributed by atoms with Crippen molar-refractivity contribution in [2.45, 2.75) is 12.2 Å². The second-order valence-electron chi connectivity index (χ2n) is 2.84. The number of rotatable bonds is 6. The van der Waals surface area contributed by atoms with Gasteiger partial charge in [0.05, 0.1) is 11.0 Å². The van der Waals surface area contributed by atoms with E-state index in [2.05, 4.69) is 17.2 Å². The van der Waals surface area contributed by atoms with Crippen molar-refractivity contribution in [2.75, 3.05) is 12.3 Å². The van der Waals surface area contributed by atoms with Crippen LogP contribution in [0.2, 0.25) is 0 Å². The number of hydrogen-bond donors (Lipinski definition) is 3. The molecule has 0 aliphatic carbocycles. The van der Waals surface area contributed by atoms with Crippen LogP contribution < -0.4 is 10.6 Å². The van der Waals surface area contributed by atoms with Crippen LogP contribution in [0, 0.1) is 0 Å². The van der Waals surface area contributed by atoms with Gasteiger partial charge in [0.15, 0.2) is 0 Å². The molecule has 3 amide bonds. The number of carbonyl (C=O) groups excluding carboxylic acids is 2. The first kappa shape index (κ1) is 14.5. The van der Waals surface area contributed by atoms with E-state index in [0.717, 1.165) is 11.8 Å². The van der Waals surface area contributed by atoms with Gasteiger partial charge in [0.2, 0.25) is 5.91 Å². The second kappa shape index (κ2) is 7.75. The van der Waals surface area contributed by atoms with Crippen molar-refractivity contribution in [2.24, 2.45) is 0 Å². The van der Waals surface area contributed by atoms with Gasteiger partial charge in [-0.25, -0.2) is 4.79 Å². The number of aliphatic carboxylic acids is 1. The van der Waals surface area contributed by atoms with Crippen LogP contribution in [0.4, 0.5) is 4.79 Å². The zero-order valence-corrected chi connectivity index (χ0v) is 9.67. The minimum Gasteiger partial charge on any atom is -0.480 e. The highest BCUT2D eigenvalue weighted by atomic mass is 32.2. The first-order valence-electron chi connectivity index (χ1n) is 4.50. The molecule has 0 radical (unpaired) electrons. The molecule has 0 spiro atoms. The molecule has 90 valence electrons. The molecule has 0 heterocycles. The van der Waals surface area contributed by atoms with Crippen molar-refractivity contribution in [3.05, 3.63) is 12.7 Å². The molecule has 7 heteroatoms. The standard InChI is InChI=1S/C9H14N2O4S/c1-3-4-10-9(15)11-7(12)5-16-6(2)8(13)14/h3,6H,1,4-5H2,2H3,(H,13,14)(H2,10,11,12,15). The largest absolute Gasteiger partial charge is 0.480 e. The van der Waals surface area contributed by atoms with Crippen LogP contribution in [0.5, 0.6) is 0 Å². The molecule has 0 aliphatic rings. The highest BCUT2D eigenvalue weighted by Gasteiger charge is 2.14. The van der Waals surface area contributed by atoms with Crippen LogP contribution in [0.3, 0.4) is 0 Å². The fourth-order valence-electron chi connectivity index (χ4n) is 0.644. The number of amides is 3. The summed E-state index contributed by atoms with van der Waals surface area (Å²) in [6, 6.07) is -0.617. The number of carboxylic acid groups (broad SMARTS) is 1. The number of urea groups is 1. The molecule has 0 aromatic carbocycles. The van der Waals surface area contributed by atoms with E-state index in [1.54, 1.807) is 0 Å². The molecule has 0 aromatic heterocycles. The number of nitrogens with one attached hydrogen (secondary N) is 2. The van der Waals surface area contributed by atoms with E-state index in [4.69, 9.17) is 5.11 Å². The molecule has 6 nitrogen and oxygen atoms in total. The SMILES string of the molecule is C=CCNC(=O)NC(=O)CSC(C)C(=O)O. The summed E-state index contributed by atoms with van der Waals surface area (Å²) in [5.41, 5.74) is 0. The van der Waals surface area contributed by atoms with E-state index < -0.39 is 23.2 Å². The maximum absolute atomic E-state index is 11.1. The topological polar surface area (TPSA) is 95.5 Å². The van der Waals surface area contributed by atoms with Crippen molar-refractivity contribution >= 4 is 29.7 Å². The van der Waals surface area contributed by atoms with Gasteiger partial charge in [-0.05, 0) is 6.92 Å². The van der Waals surface area contributed by atoms with E-state index in [1.165, 1.54) is 13.0 Å². The Kier molecular flexibility index (Phi) is 7.02.